The van der Waals surface area contributed by atoms with Crippen LogP contribution in [0.5, 0.6) is 5.75 Å². The number of nitrogens with zero attached hydrogens (tertiary/aromatic N) is 1. The molecule has 10 N–H and O–H groups in total. The van der Waals surface area contributed by atoms with E-state index in [0.717, 1.165) is 0 Å². The molecule has 15 heteroatoms. The summed E-state index contributed by atoms with van der Waals surface area (Å²) in [7, 11) is 0.0531. The van der Waals surface area contributed by atoms with Crippen molar-refractivity contribution < 1.29 is 49.8 Å². The largest absolute Gasteiger partial charge is 0.510 e. The zero-order chi connectivity index (χ0) is 32.0. The second-order valence-corrected chi connectivity index (χ2v) is 14.9. The van der Waals surface area contributed by atoms with Gasteiger partial charge in [0, 0.05) is 11.1 Å². The molecule has 6 atom stereocenters. The summed E-state index contributed by atoms with van der Waals surface area (Å²) in [6.45, 7) is 1.43. The number of carboxylic acids is 1. The Morgan fingerprint density at radius 2 is 1.84 bits per heavy atom. The second-order valence-electron chi connectivity index (χ2n) is 11.7. The summed E-state index contributed by atoms with van der Waals surface area (Å²) in [5, 5.41) is 69.3. The number of Topliss-reactive ketones (excluding diaryl/α,β-unsaturated/α-hetero) is 2. The summed E-state index contributed by atoms with van der Waals surface area (Å²) in [6.07, 6.45) is 1.34. The fourth-order valence-electron chi connectivity index (χ4n) is 6.64. The third-order valence-corrected chi connectivity index (χ3v) is 12.7. The maximum absolute atomic E-state index is 13.9. The Morgan fingerprint density at radius 1 is 1.16 bits per heavy atom. The van der Waals surface area contributed by atoms with Crippen molar-refractivity contribution in [2.24, 2.45) is 11.7 Å². The maximum Gasteiger partial charge on any atom is 0.320 e. The smallest absolute Gasteiger partial charge is 0.320 e. The lowest BCUT2D eigenvalue weighted by Crippen LogP contribution is -2.67. The van der Waals surface area contributed by atoms with Gasteiger partial charge in [0.15, 0.2) is 11.4 Å². The Morgan fingerprint density at radius 3 is 2.44 bits per heavy atom. The van der Waals surface area contributed by atoms with E-state index in [0.29, 0.717) is 19.4 Å². The van der Waals surface area contributed by atoms with Gasteiger partial charge in [0.1, 0.15) is 37.7 Å². The zero-order valence-electron chi connectivity index (χ0n) is 24.1. The van der Waals surface area contributed by atoms with Crippen molar-refractivity contribution in [3.8, 4) is 5.75 Å². The van der Waals surface area contributed by atoms with Crippen molar-refractivity contribution in [2.45, 2.75) is 55.1 Å². The average molecular weight is 619 g/mol. The Labute approximate surface area is 249 Å². The van der Waals surface area contributed by atoms with Crippen LogP contribution in [-0.2, 0) is 19.6 Å². The fourth-order valence-corrected chi connectivity index (χ4v) is 10.6. The van der Waals surface area contributed by atoms with Crippen LogP contribution in [0.2, 0.25) is 6.04 Å². The lowest BCUT2D eigenvalue weighted by molar-refractivity contribution is -0.145. The van der Waals surface area contributed by atoms with Crippen LogP contribution in [0.25, 0.3) is 0 Å². The van der Waals surface area contributed by atoms with E-state index in [4.69, 9.17) is 5.73 Å². The van der Waals surface area contributed by atoms with Crippen LogP contribution >= 0.6 is 0 Å². The standard InChI is InChI=1S/C28H38N4O10Si/c1-27(41)13-7-6-9-16(33)17(13)21(35)22-24(37)28(42)14(11-43(22)27)19(32(2)3)20(34)18(23(28)36)25(38)31-12-30-15(26(39)40)8-4-5-10-29/h6-7,9,14-15,19,30,33-34,37,41-43H,4-5,8,10-12,29H2,1-3H3,(H,31,38)(H,39,40)/t14-,15?,19-,27-,28+,43-/m0/s1. The van der Waals surface area contributed by atoms with Crippen molar-refractivity contribution >= 4 is 32.2 Å². The summed E-state index contributed by atoms with van der Waals surface area (Å²) < 4.78 is 0. The van der Waals surface area contributed by atoms with Crippen molar-refractivity contribution in [3.05, 3.63) is 51.6 Å². The van der Waals surface area contributed by atoms with Gasteiger partial charge in [-0.15, -0.1) is 0 Å². The minimum atomic E-state index is -3.01. The number of hydrogen-bond acceptors (Lipinski definition) is 12. The van der Waals surface area contributed by atoms with Crippen molar-refractivity contribution in [2.75, 3.05) is 27.3 Å². The maximum atomic E-state index is 13.9. The van der Waals surface area contributed by atoms with Gasteiger partial charge >= 0.3 is 5.97 Å². The zero-order valence-corrected chi connectivity index (χ0v) is 25.3. The monoisotopic (exact) mass is 618 g/mol. The molecule has 43 heavy (non-hydrogen) atoms. The first-order chi connectivity index (χ1) is 20.1. The molecule has 0 aromatic heterocycles. The molecule has 14 nitrogen and oxygen atoms in total. The molecule has 0 fully saturated rings. The highest BCUT2D eigenvalue weighted by Crippen LogP contribution is 2.53. The summed E-state index contributed by atoms with van der Waals surface area (Å²) in [5.74, 6) is -7.87. The molecule has 0 saturated carbocycles. The minimum absolute atomic E-state index is 0.123. The van der Waals surface area contributed by atoms with Crippen LogP contribution in [0.3, 0.4) is 0 Å². The second kappa shape index (κ2) is 11.8. The summed E-state index contributed by atoms with van der Waals surface area (Å²) >= 11 is 0. The first-order valence-electron chi connectivity index (χ1n) is 14.0. The number of amides is 1. The number of benzene rings is 1. The van der Waals surface area contributed by atoms with E-state index >= 15 is 0 Å². The molecule has 2 aliphatic heterocycles. The first-order valence-corrected chi connectivity index (χ1v) is 15.9. The number of nitrogens with two attached hydrogens (primary N) is 1. The van der Waals surface area contributed by atoms with E-state index in [1.165, 1.54) is 44.1 Å². The Kier molecular flexibility index (Phi) is 8.88. The van der Waals surface area contributed by atoms with Crippen LogP contribution in [0, 0.1) is 5.92 Å². The normalized spacial score (nSPS) is 29.2. The molecule has 0 bridgehead atoms. The Hall–Kier alpha value is -3.60. The molecule has 0 saturated heterocycles. The molecule has 2 heterocycles. The van der Waals surface area contributed by atoms with Gasteiger partial charge in [0.25, 0.3) is 5.91 Å². The number of allylic oxidation sites excluding steroid dienone is 1. The van der Waals surface area contributed by atoms with Crippen LogP contribution in [0.4, 0.5) is 0 Å². The third-order valence-electron chi connectivity index (χ3n) is 8.85. The molecule has 1 unspecified atom stereocenters. The number of ketones is 2. The molecular weight excluding hydrogens is 580 g/mol. The summed E-state index contributed by atoms with van der Waals surface area (Å²) in [4.78, 5) is 53.8. The van der Waals surface area contributed by atoms with E-state index in [2.05, 4.69) is 10.6 Å². The molecule has 4 rings (SSSR count). The number of aromatic hydroxyl groups is 1. The third kappa shape index (κ3) is 5.15. The van der Waals surface area contributed by atoms with Crippen molar-refractivity contribution in [1.82, 2.24) is 15.5 Å². The van der Waals surface area contributed by atoms with Gasteiger partial charge in [0.05, 0.1) is 23.5 Å². The van der Waals surface area contributed by atoms with Gasteiger partial charge in [-0.2, -0.15) is 0 Å². The molecule has 1 aromatic rings. The van der Waals surface area contributed by atoms with Gasteiger partial charge in [-0.1, -0.05) is 18.6 Å². The number of fused-ring (bicyclic) bond motifs is 3. The molecule has 3 aliphatic rings. The average Bonchev–Trinajstić information content (AvgIpc) is 2.92. The number of aliphatic hydroxyl groups is 4. The number of rotatable bonds is 10. The van der Waals surface area contributed by atoms with Crippen LogP contribution in [-0.4, -0.2) is 113 Å². The summed E-state index contributed by atoms with van der Waals surface area (Å²) in [6, 6.07) is 1.86. The van der Waals surface area contributed by atoms with Gasteiger partial charge in [0.2, 0.25) is 5.78 Å². The number of carboxylic acid groups (broad SMARTS) is 1. The molecule has 0 radical (unpaired) electrons. The lowest BCUT2D eigenvalue weighted by atomic mass is 9.69. The predicted molar refractivity (Wildman–Crippen MR) is 155 cm³/mol. The van der Waals surface area contributed by atoms with E-state index < -0.39 is 90.6 Å². The van der Waals surface area contributed by atoms with Gasteiger partial charge in [-0.05, 0) is 58.1 Å². The lowest BCUT2D eigenvalue weighted by Gasteiger charge is -2.52. The van der Waals surface area contributed by atoms with Crippen LogP contribution < -0.4 is 16.4 Å². The number of phenols is 1. The molecule has 1 aromatic carbocycles. The number of phenolic OH excluding ortho intramolecular Hbond substituents is 1. The highest BCUT2D eigenvalue weighted by atomic mass is 28.3. The number of carbonyl (C=O) groups excluding carboxylic acids is 3. The molecule has 0 spiro atoms. The fraction of sp³-hybridized carbons (Fsp3) is 0.500. The number of carbonyl (C=O) groups is 4. The topological polar surface area (TPSA) is 243 Å². The molecular formula is C28H38N4O10Si. The number of aliphatic carboxylic acids is 1. The summed E-state index contributed by atoms with van der Waals surface area (Å²) in [5.41, 5.74) is 1.68. The highest BCUT2D eigenvalue weighted by molar-refractivity contribution is 6.77. The van der Waals surface area contributed by atoms with E-state index in [9.17, 15) is 49.8 Å². The number of hydrogen-bond donors (Lipinski definition) is 9. The highest BCUT2D eigenvalue weighted by Gasteiger charge is 2.66. The minimum Gasteiger partial charge on any atom is -0.510 e. The number of aliphatic hydroxyl groups excluding tert-OH is 2. The number of nitrogens with one attached hydrogen (secondary N) is 2. The quantitative estimate of drug-likeness (QED) is 0.0651. The predicted octanol–water partition coefficient (Wildman–Crippen LogP) is -1.15. The van der Waals surface area contributed by atoms with Gasteiger partial charge in [-0.25, -0.2) is 0 Å². The first kappa shape index (κ1) is 32.3. The van der Waals surface area contributed by atoms with Crippen LogP contribution in [0.1, 0.15) is 42.1 Å². The SMILES string of the molecule is CN(C)[C@@H]1C(O)=C(C(=O)NCNC(CCCCN)C(=O)O)C(=O)[C@@]2(O)C(O)=C3C(=O)c4c(O)cccc4[C@@](C)(O)[Si@H]3C[C@@H]12. The van der Waals surface area contributed by atoms with Gasteiger partial charge < -0.3 is 41.7 Å². The van der Waals surface area contributed by atoms with Crippen LogP contribution in [0.15, 0.2) is 40.5 Å². The number of unbranched alkanes of at least 4 members (excludes halogenated alkanes) is 1. The van der Waals surface area contributed by atoms with E-state index in [1.54, 1.807) is 0 Å². The van der Waals surface area contributed by atoms with E-state index in [-0.39, 0.29) is 28.8 Å². The Balaban J connectivity index is 1.73. The van der Waals surface area contributed by atoms with Crippen molar-refractivity contribution in [1.29, 1.82) is 0 Å². The van der Waals surface area contributed by atoms with E-state index in [1.807, 2.05) is 0 Å². The Bertz CT molecular complexity index is 1420. The van der Waals surface area contributed by atoms with Gasteiger partial charge in [-0.3, -0.25) is 29.4 Å². The molecule has 1 amide bonds. The number of likely N-dealkylation sites (N-methyl/N-ethyl adjacent to an activating group) is 1. The molecule has 234 valence electrons. The van der Waals surface area contributed by atoms with Crippen molar-refractivity contribution in [3.63, 3.8) is 0 Å². The molecule has 1 aliphatic carbocycles.